The maximum Gasteiger partial charge on any atom is 0.0346 e. The van der Waals surface area contributed by atoms with Gasteiger partial charge in [0.2, 0.25) is 0 Å². The first-order chi connectivity index (χ1) is 8.20. The van der Waals surface area contributed by atoms with Gasteiger partial charge >= 0.3 is 0 Å². The molecule has 0 radical (unpaired) electrons. The number of hydrogen-bond acceptors (Lipinski definition) is 2. The summed E-state index contributed by atoms with van der Waals surface area (Å²) in [6, 6.07) is 9.93. The van der Waals surface area contributed by atoms with E-state index in [2.05, 4.69) is 64.3 Å². The van der Waals surface area contributed by atoms with E-state index in [4.69, 9.17) is 0 Å². The minimum Gasteiger partial charge on any atom is -0.312 e. The van der Waals surface area contributed by atoms with Crippen LogP contribution in [0.15, 0.2) is 28.7 Å². The number of rotatable bonds is 3. The van der Waals surface area contributed by atoms with E-state index < -0.39 is 0 Å². The summed E-state index contributed by atoms with van der Waals surface area (Å²) in [5.41, 5.74) is 1.44. The van der Waals surface area contributed by atoms with Crippen LogP contribution in [0.1, 0.15) is 31.9 Å². The van der Waals surface area contributed by atoms with Crippen LogP contribution in [0.2, 0.25) is 0 Å². The van der Waals surface area contributed by atoms with Crippen LogP contribution in [0.4, 0.5) is 0 Å². The predicted molar refractivity (Wildman–Crippen MR) is 76.2 cm³/mol. The van der Waals surface area contributed by atoms with Crippen molar-refractivity contribution in [3.8, 4) is 0 Å². The van der Waals surface area contributed by atoms with Crippen molar-refractivity contribution in [2.75, 3.05) is 19.6 Å². The van der Waals surface area contributed by atoms with Crippen LogP contribution in [-0.4, -0.2) is 30.6 Å². The number of hydrogen-bond donors (Lipinski definition) is 1. The molecule has 1 aromatic carbocycles. The molecule has 1 aliphatic rings. The molecule has 0 amide bonds. The molecule has 2 rings (SSSR count). The first-order valence-electron chi connectivity index (χ1n) is 6.43. The van der Waals surface area contributed by atoms with Gasteiger partial charge in [-0.25, -0.2) is 0 Å². The number of benzene rings is 1. The third kappa shape index (κ3) is 3.30. The molecule has 1 N–H and O–H groups in total. The molecule has 0 saturated carbocycles. The average Bonchev–Trinajstić information content (AvgIpc) is 2.33. The topological polar surface area (TPSA) is 15.3 Å². The summed E-state index contributed by atoms with van der Waals surface area (Å²) in [6.45, 7) is 7.95. The van der Waals surface area contributed by atoms with E-state index in [1.165, 1.54) is 12.0 Å². The third-order valence-electron chi connectivity index (χ3n) is 3.48. The Labute approximate surface area is 113 Å². The Kier molecular flexibility index (Phi) is 4.60. The maximum absolute atomic E-state index is 3.50. The molecule has 3 heteroatoms. The number of halogens is 1. The summed E-state index contributed by atoms with van der Waals surface area (Å²) >= 11 is 3.50. The first-order valence-corrected chi connectivity index (χ1v) is 7.23. The van der Waals surface area contributed by atoms with Crippen LogP contribution in [-0.2, 0) is 0 Å². The van der Waals surface area contributed by atoms with E-state index in [-0.39, 0.29) is 0 Å². The van der Waals surface area contributed by atoms with E-state index >= 15 is 0 Å². The minimum absolute atomic E-state index is 0.563. The fourth-order valence-corrected chi connectivity index (χ4v) is 2.90. The van der Waals surface area contributed by atoms with Crippen LogP contribution in [0.25, 0.3) is 0 Å². The first kappa shape index (κ1) is 13.1. The molecule has 0 aliphatic carbocycles. The van der Waals surface area contributed by atoms with Gasteiger partial charge in [-0.1, -0.05) is 35.0 Å². The predicted octanol–water partition coefficient (Wildman–Crippen LogP) is 3.19. The lowest BCUT2D eigenvalue weighted by Gasteiger charge is -2.37. The zero-order valence-electron chi connectivity index (χ0n) is 10.6. The van der Waals surface area contributed by atoms with Gasteiger partial charge in [-0.2, -0.15) is 0 Å². The monoisotopic (exact) mass is 296 g/mol. The molecule has 1 heterocycles. The lowest BCUT2D eigenvalue weighted by atomic mass is 10.0. The smallest absolute Gasteiger partial charge is 0.0346 e. The summed E-state index contributed by atoms with van der Waals surface area (Å²) in [6.07, 6.45) is 1.17. The van der Waals surface area contributed by atoms with Crippen LogP contribution >= 0.6 is 15.9 Å². The zero-order valence-corrected chi connectivity index (χ0v) is 12.2. The highest BCUT2D eigenvalue weighted by molar-refractivity contribution is 9.10. The van der Waals surface area contributed by atoms with Gasteiger partial charge in [-0.15, -0.1) is 0 Å². The van der Waals surface area contributed by atoms with Gasteiger partial charge in [0.05, 0.1) is 0 Å². The molecule has 0 bridgehead atoms. The molecule has 2 unspecified atom stereocenters. The highest BCUT2D eigenvalue weighted by atomic mass is 79.9. The van der Waals surface area contributed by atoms with Crippen molar-refractivity contribution in [1.82, 2.24) is 10.2 Å². The standard InChI is InChI=1S/C14H21BrN2/c1-3-14(12-4-6-13(15)7-5-12)17-9-8-16-11(2)10-17/h4-7,11,14,16H,3,8-10H2,1-2H3. The van der Waals surface area contributed by atoms with Gasteiger partial charge in [0.25, 0.3) is 0 Å². The fraction of sp³-hybridized carbons (Fsp3) is 0.571. The summed E-state index contributed by atoms with van der Waals surface area (Å²) < 4.78 is 1.16. The van der Waals surface area contributed by atoms with Gasteiger partial charge in [0.1, 0.15) is 0 Å². The molecular weight excluding hydrogens is 276 g/mol. The van der Waals surface area contributed by atoms with Gasteiger partial charge in [0, 0.05) is 36.2 Å². The van der Waals surface area contributed by atoms with Crippen molar-refractivity contribution in [2.24, 2.45) is 0 Å². The number of nitrogens with zero attached hydrogens (tertiary/aromatic N) is 1. The van der Waals surface area contributed by atoms with Gasteiger partial charge in [0.15, 0.2) is 0 Å². The van der Waals surface area contributed by atoms with Crippen molar-refractivity contribution in [3.05, 3.63) is 34.3 Å². The average molecular weight is 297 g/mol. The number of piperazine rings is 1. The third-order valence-corrected chi connectivity index (χ3v) is 4.01. The second-order valence-electron chi connectivity index (χ2n) is 4.83. The van der Waals surface area contributed by atoms with Gasteiger partial charge in [-0.05, 0) is 31.0 Å². The van der Waals surface area contributed by atoms with Crippen molar-refractivity contribution in [2.45, 2.75) is 32.4 Å². The quantitative estimate of drug-likeness (QED) is 0.921. The highest BCUT2D eigenvalue weighted by Gasteiger charge is 2.23. The Bertz CT molecular complexity index is 350. The van der Waals surface area contributed by atoms with Gasteiger partial charge < -0.3 is 5.32 Å². The number of nitrogens with one attached hydrogen (secondary N) is 1. The molecule has 0 spiro atoms. The molecule has 1 aromatic rings. The fourth-order valence-electron chi connectivity index (χ4n) is 2.63. The molecular formula is C14H21BrN2. The minimum atomic E-state index is 0.563. The van der Waals surface area contributed by atoms with Gasteiger partial charge in [-0.3, -0.25) is 4.90 Å². The Balaban J connectivity index is 2.12. The molecule has 1 aliphatic heterocycles. The molecule has 1 fully saturated rings. The Hall–Kier alpha value is -0.380. The normalized spacial score (nSPS) is 23.6. The SMILES string of the molecule is CCC(c1ccc(Br)cc1)N1CCNC(C)C1. The van der Waals surface area contributed by atoms with Crippen molar-refractivity contribution in [3.63, 3.8) is 0 Å². The molecule has 2 atom stereocenters. The second kappa shape index (κ2) is 5.98. The molecule has 17 heavy (non-hydrogen) atoms. The lowest BCUT2D eigenvalue weighted by Crippen LogP contribution is -2.50. The molecule has 0 aromatic heterocycles. The molecule has 2 nitrogen and oxygen atoms in total. The van der Waals surface area contributed by atoms with E-state index in [9.17, 15) is 0 Å². The Morgan fingerprint density at radius 3 is 2.71 bits per heavy atom. The van der Waals surface area contributed by atoms with E-state index in [1.807, 2.05) is 0 Å². The summed E-state index contributed by atoms with van der Waals surface area (Å²) in [7, 11) is 0. The maximum atomic E-state index is 3.50. The largest absolute Gasteiger partial charge is 0.312 e. The Morgan fingerprint density at radius 2 is 2.12 bits per heavy atom. The van der Waals surface area contributed by atoms with E-state index in [0.29, 0.717) is 12.1 Å². The van der Waals surface area contributed by atoms with Crippen molar-refractivity contribution in [1.29, 1.82) is 0 Å². The van der Waals surface area contributed by atoms with Crippen molar-refractivity contribution < 1.29 is 0 Å². The molecule has 1 saturated heterocycles. The summed E-state index contributed by atoms with van der Waals surface area (Å²) in [4.78, 5) is 2.60. The van der Waals surface area contributed by atoms with E-state index in [1.54, 1.807) is 0 Å². The zero-order chi connectivity index (χ0) is 12.3. The summed E-state index contributed by atoms with van der Waals surface area (Å²) in [5, 5.41) is 3.50. The van der Waals surface area contributed by atoms with Crippen LogP contribution < -0.4 is 5.32 Å². The summed E-state index contributed by atoms with van der Waals surface area (Å²) in [5.74, 6) is 0. The lowest BCUT2D eigenvalue weighted by molar-refractivity contribution is 0.145. The van der Waals surface area contributed by atoms with E-state index in [0.717, 1.165) is 24.1 Å². The van der Waals surface area contributed by atoms with Crippen molar-refractivity contribution >= 4 is 15.9 Å². The molecule has 94 valence electrons. The second-order valence-corrected chi connectivity index (χ2v) is 5.74. The highest BCUT2D eigenvalue weighted by Crippen LogP contribution is 2.26. The van der Waals surface area contributed by atoms with Crippen LogP contribution in [0.5, 0.6) is 0 Å². The van der Waals surface area contributed by atoms with Crippen LogP contribution in [0, 0.1) is 0 Å². The van der Waals surface area contributed by atoms with Crippen LogP contribution in [0.3, 0.4) is 0 Å². The Morgan fingerprint density at radius 1 is 1.41 bits per heavy atom.